The summed E-state index contributed by atoms with van der Waals surface area (Å²) in [5, 5.41) is 14.6. The van der Waals surface area contributed by atoms with E-state index in [0.717, 1.165) is 33.3 Å². The summed E-state index contributed by atoms with van der Waals surface area (Å²) >= 11 is 9.71. The van der Waals surface area contributed by atoms with Crippen LogP contribution >= 0.6 is 27.5 Å². The lowest BCUT2D eigenvalue weighted by Gasteiger charge is -2.31. The van der Waals surface area contributed by atoms with E-state index in [1.807, 2.05) is 18.2 Å². The van der Waals surface area contributed by atoms with E-state index in [2.05, 4.69) is 64.6 Å². The van der Waals surface area contributed by atoms with E-state index in [0.29, 0.717) is 11.4 Å². The quantitative estimate of drug-likeness (QED) is 0.452. The number of phenols is 1. The molecule has 4 rings (SSSR count). The molecule has 0 aliphatic carbocycles. The number of halogens is 2. The van der Waals surface area contributed by atoms with Crippen molar-refractivity contribution in [1.82, 2.24) is 5.32 Å². The Hall–Kier alpha value is -2.14. The van der Waals surface area contributed by atoms with E-state index in [9.17, 15) is 5.11 Å². The molecule has 148 valence electrons. The van der Waals surface area contributed by atoms with Crippen LogP contribution in [0.5, 0.6) is 5.75 Å². The van der Waals surface area contributed by atoms with Gasteiger partial charge in [0.25, 0.3) is 0 Å². The van der Waals surface area contributed by atoms with Crippen molar-refractivity contribution in [1.29, 1.82) is 0 Å². The fourth-order valence-electron chi connectivity index (χ4n) is 3.63. The van der Waals surface area contributed by atoms with Crippen LogP contribution in [0.1, 0.15) is 47.8 Å². The predicted octanol–water partition coefficient (Wildman–Crippen LogP) is 6.59. The number of hydrogen-bond donors (Lipinski definition) is 2. The van der Waals surface area contributed by atoms with Crippen LogP contribution in [0.25, 0.3) is 0 Å². The number of hydrogen-bond acceptors (Lipinski definition) is 3. The van der Waals surface area contributed by atoms with Crippen molar-refractivity contribution in [2.24, 2.45) is 4.99 Å². The van der Waals surface area contributed by atoms with Gasteiger partial charge in [0.1, 0.15) is 11.9 Å². The first-order valence-electron chi connectivity index (χ1n) is 9.69. The van der Waals surface area contributed by atoms with Gasteiger partial charge >= 0.3 is 0 Å². The fraction of sp³-hybridized carbons (Fsp3) is 0.208. The number of phenolic OH excluding ortho intramolecular Hbond substituents is 1. The Labute approximate surface area is 184 Å². The second kappa shape index (κ2) is 8.70. The van der Waals surface area contributed by atoms with Gasteiger partial charge in [-0.2, -0.15) is 0 Å². The zero-order chi connectivity index (χ0) is 20.4. The Balaban J connectivity index is 1.75. The molecule has 0 fully saturated rings. The maximum absolute atomic E-state index is 10.5. The predicted molar refractivity (Wildman–Crippen MR) is 123 cm³/mol. The molecule has 2 atom stereocenters. The molecular formula is C24H22BrClN2O. The molecule has 3 aromatic rings. The van der Waals surface area contributed by atoms with E-state index in [-0.39, 0.29) is 18.0 Å². The maximum Gasteiger partial charge on any atom is 0.126 e. The van der Waals surface area contributed by atoms with Crippen molar-refractivity contribution >= 4 is 33.2 Å². The minimum atomic E-state index is -0.207. The lowest BCUT2D eigenvalue weighted by Crippen LogP contribution is -2.33. The van der Waals surface area contributed by atoms with Gasteiger partial charge in [-0.1, -0.05) is 70.9 Å². The summed E-state index contributed by atoms with van der Waals surface area (Å²) in [6, 6.07) is 21.8. The molecule has 0 unspecified atom stereocenters. The molecule has 1 heterocycles. The van der Waals surface area contributed by atoms with Crippen LogP contribution in [0.4, 0.5) is 0 Å². The molecule has 0 aromatic heterocycles. The van der Waals surface area contributed by atoms with Crippen LogP contribution in [-0.4, -0.2) is 10.8 Å². The summed E-state index contributed by atoms with van der Waals surface area (Å²) in [5.74, 6) is 0.240. The molecule has 29 heavy (non-hydrogen) atoms. The Bertz CT molecular complexity index is 1030. The average Bonchev–Trinajstić information content (AvgIpc) is 2.75. The van der Waals surface area contributed by atoms with Crippen LogP contribution in [0.2, 0.25) is 5.02 Å². The van der Waals surface area contributed by atoms with Gasteiger partial charge in [0.15, 0.2) is 0 Å². The first-order valence-corrected chi connectivity index (χ1v) is 10.9. The van der Waals surface area contributed by atoms with Crippen molar-refractivity contribution in [2.45, 2.75) is 32.0 Å². The summed E-state index contributed by atoms with van der Waals surface area (Å²) in [4.78, 5) is 5.01. The molecule has 0 saturated heterocycles. The van der Waals surface area contributed by atoms with E-state index in [1.165, 1.54) is 5.56 Å². The topological polar surface area (TPSA) is 44.6 Å². The SMILES string of the molecule is CCc1ccc(C2=N[C@@H](c3ccc(Br)cc3)N[C@@H](c3cc(Cl)ccc3O)C2)cc1. The van der Waals surface area contributed by atoms with Crippen LogP contribution < -0.4 is 5.32 Å². The van der Waals surface area contributed by atoms with Crippen molar-refractivity contribution in [3.8, 4) is 5.75 Å². The van der Waals surface area contributed by atoms with Gasteiger partial charge in [-0.3, -0.25) is 10.3 Å². The third-order valence-corrected chi connectivity index (χ3v) is 6.05. The van der Waals surface area contributed by atoms with E-state index in [4.69, 9.17) is 16.6 Å². The number of rotatable bonds is 4. The Kier molecular flexibility index (Phi) is 6.04. The third-order valence-electron chi connectivity index (χ3n) is 5.29. The van der Waals surface area contributed by atoms with E-state index < -0.39 is 0 Å². The third kappa shape index (κ3) is 4.55. The zero-order valence-electron chi connectivity index (χ0n) is 16.1. The molecule has 3 nitrogen and oxygen atoms in total. The molecule has 3 aromatic carbocycles. The molecule has 1 aliphatic rings. The Morgan fingerprint density at radius 3 is 2.48 bits per heavy atom. The zero-order valence-corrected chi connectivity index (χ0v) is 18.4. The lowest BCUT2D eigenvalue weighted by atomic mass is 9.93. The average molecular weight is 470 g/mol. The molecule has 1 aliphatic heterocycles. The smallest absolute Gasteiger partial charge is 0.126 e. The fourth-order valence-corrected chi connectivity index (χ4v) is 4.08. The lowest BCUT2D eigenvalue weighted by molar-refractivity contribution is 0.412. The summed E-state index contributed by atoms with van der Waals surface area (Å²) in [7, 11) is 0. The van der Waals surface area contributed by atoms with Crippen LogP contribution in [0.15, 0.2) is 76.2 Å². The highest BCUT2D eigenvalue weighted by molar-refractivity contribution is 9.10. The van der Waals surface area contributed by atoms with Crippen molar-refractivity contribution in [2.75, 3.05) is 0 Å². The van der Waals surface area contributed by atoms with Gasteiger partial charge in [0.2, 0.25) is 0 Å². The highest BCUT2D eigenvalue weighted by Gasteiger charge is 2.27. The van der Waals surface area contributed by atoms with Gasteiger partial charge in [0.05, 0.1) is 0 Å². The van der Waals surface area contributed by atoms with Gasteiger partial charge < -0.3 is 5.11 Å². The number of benzene rings is 3. The molecule has 5 heteroatoms. The van der Waals surface area contributed by atoms with Crippen LogP contribution in [0.3, 0.4) is 0 Å². The van der Waals surface area contributed by atoms with Gasteiger partial charge in [-0.25, -0.2) is 0 Å². The highest BCUT2D eigenvalue weighted by atomic mass is 79.9. The molecule has 0 saturated carbocycles. The van der Waals surface area contributed by atoms with Gasteiger partial charge in [-0.15, -0.1) is 0 Å². The second-order valence-corrected chi connectivity index (χ2v) is 8.56. The summed E-state index contributed by atoms with van der Waals surface area (Å²) in [6.07, 6.45) is 1.47. The minimum Gasteiger partial charge on any atom is -0.508 e. The number of nitrogens with one attached hydrogen (secondary N) is 1. The summed E-state index contributed by atoms with van der Waals surface area (Å²) in [6.45, 7) is 2.15. The van der Waals surface area contributed by atoms with Crippen LogP contribution in [-0.2, 0) is 6.42 Å². The standard InChI is InChI=1S/C24H22BrClN2O/c1-2-15-3-5-16(6-4-15)21-14-22(20-13-19(26)11-12-23(20)29)28-24(27-21)17-7-9-18(25)10-8-17/h3-13,22,24,28-29H,2,14H2,1H3/t22-,24-/m1/s1. The van der Waals surface area contributed by atoms with Crippen molar-refractivity contribution in [3.63, 3.8) is 0 Å². The number of aromatic hydroxyl groups is 1. The van der Waals surface area contributed by atoms with Gasteiger partial charge in [-0.05, 0) is 53.4 Å². The first-order chi connectivity index (χ1) is 14.0. The molecule has 0 spiro atoms. The van der Waals surface area contributed by atoms with E-state index >= 15 is 0 Å². The molecule has 0 amide bonds. The maximum atomic E-state index is 10.5. The Morgan fingerprint density at radius 1 is 1.07 bits per heavy atom. The van der Waals surface area contributed by atoms with E-state index in [1.54, 1.807) is 12.1 Å². The summed E-state index contributed by atoms with van der Waals surface area (Å²) < 4.78 is 1.03. The molecular weight excluding hydrogens is 448 g/mol. The minimum absolute atomic E-state index is 0.0966. The molecule has 0 bridgehead atoms. The van der Waals surface area contributed by atoms with Gasteiger partial charge in [0, 0.05) is 33.2 Å². The second-order valence-electron chi connectivity index (χ2n) is 7.21. The van der Waals surface area contributed by atoms with Crippen molar-refractivity contribution in [3.05, 3.63) is 98.5 Å². The Morgan fingerprint density at radius 2 is 1.79 bits per heavy atom. The monoisotopic (exact) mass is 468 g/mol. The molecule has 0 radical (unpaired) electrons. The number of aliphatic imine (C=N–C) groups is 1. The molecule has 2 N–H and O–H groups in total. The highest BCUT2D eigenvalue weighted by Crippen LogP contribution is 2.36. The largest absolute Gasteiger partial charge is 0.508 e. The van der Waals surface area contributed by atoms with Crippen molar-refractivity contribution < 1.29 is 5.11 Å². The first kappa shape index (κ1) is 20.1. The summed E-state index contributed by atoms with van der Waals surface area (Å²) in [5.41, 5.74) is 5.29. The number of aryl methyl sites for hydroxylation is 1. The normalized spacial score (nSPS) is 19.1. The van der Waals surface area contributed by atoms with Crippen LogP contribution in [0, 0.1) is 0 Å². The number of nitrogens with zero attached hydrogens (tertiary/aromatic N) is 1.